The summed E-state index contributed by atoms with van der Waals surface area (Å²) in [5.41, 5.74) is -0.808. The Morgan fingerprint density at radius 3 is 2.70 bits per heavy atom. The number of carboxylic acids is 1. The van der Waals surface area contributed by atoms with E-state index in [2.05, 4.69) is 15.3 Å². The van der Waals surface area contributed by atoms with Gasteiger partial charge in [0.1, 0.15) is 11.3 Å². The first kappa shape index (κ1) is 15.0. The van der Waals surface area contributed by atoms with Gasteiger partial charge in [-0.05, 0) is 37.5 Å². The number of nitrogens with one attached hydrogen (secondary N) is 1. The van der Waals surface area contributed by atoms with Gasteiger partial charge in [-0.3, -0.25) is 9.78 Å². The summed E-state index contributed by atoms with van der Waals surface area (Å²) >= 11 is 0. The second-order valence-corrected chi connectivity index (χ2v) is 5.37. The largest absolute Gasteiger partial charge is 0.480 e. The van der Waals surface area contributed by atoms with E-state index in [4.69, 9.17) is 4.74 Å². The molecular formula is C16H15N3O4. The van der Waals surface area contributed by atoms with Crippen molar-refractivity contribution in [1.29, 1.82) is 0 Å². The number of carbonyl (C=O) groups excluding carboxylic acids is 1. The van der Waals surface area contributed by atoms with Crippen molar-refractivity contribution in [3.8, 4) is 11.6 Å². The maximum atomic E-state index is 12.3. The molecule has 1 aromatic carbocycles. The number of aromatic nitrogens is 2. The lowest BCUT2D eigenvalue weighted by Crippen LogP contribution is -2.59. The zero-order valence-electron chi connectivity index (χ0n) is 12.2. The van der Waals surface area contributed by atoms with Crippen LogP contribution in [0.3, 0.4) is 0 Å². The minimum absolute atomic E-state index is 0.311. The second kappa shape index (κ2) is 6.04. The van der Waals surface area contributed by atoms with Crippen molar-refractivity contribution in [3.05, 3.63) is 48.4 Å². The van der Waals surface area contributed by atoms with Crippen LogP contribution in [0.2, 0.25) is 0 Å². The van der Waals surface area contributed by atoms with Crippen molar-refractivity contribution in [2.75, 3.05) is 0 Å². The molecule has 0 unspecified atom stereocenters. The van der Waals surface area contributed by atoms with E-state index < -0.39 is 17.4 Å². The Bertz CT molecular complexity index is 729. The molecule has 1 aromatic heterocycles. The van der Waals surface area contributed by atoms with Gasteiger partial charge in [-0.1, -0.05) is 6.07 Å². The molecule has 0 aliphatic heterocycles. The molecule has 1 heterocycles. The van der Waals surface area contributed by atoms with E-state index in [0.29, 0.717) is 30.0 Å². The fourth-order valence-corrected chi connectivity index (χ4v) is 2.37. The molecule has 1 amide bonds. The molecule has 23 heavy (non-hydrogen) atoms. The highest BCUT2D eigenvalue weighted by Gasteiger charge is 2.45. The molecule has 2 aromatic rings. The van der Waals surface area contributed by atoms with Crippen molar-refractivity contribution < 1.29 is 19.4 Å². The Balaban J connectivity index is 1.74. The van der Waals surface area contributed by atoms with Crippen LogP contribution in [0.25, 0.3) is 0 Å². The summed E-state index contributed by atoms with van der Waals surface area (Å²) < 4.78 is 5.52. The van der Waals surface area contributed by atoms with Crippen molar-refractivity contribution in [2.24, 2.45) is 0 Å². The zero-order valence-corrected chi connectivity index (χ0v) is 12.2. The van der Waals surface area contributed by atoms with Crippen LogP contribution >= 0.6 is 0 Å². The smallest absolute Gasteiger partial charge is 0.329 e. The van der Waals surface area contributed by atoms with E-state index in [0.717, 1.165) is 6.42 Å². The Morgan fingerprint density at radius 1 is 1.26 bits per heavy atom. The summed E-state index contributed by atoms with van der Waals surface area (Å²) in [7, 11) is 0. The van der Waals surface area contributed by atoms with Gasteiger partial charge in [0.15, 0.2) is 0 Å². The average molecular weight is 313 g/mol. The first-order valence-electron chi connectivity index (χ1n) is 7.19. The molecule has 7 nitrogen and oxygen atoms in total. The quantitative estimate of drug-likeness (QED) is 0.875. The molecule has 3 rings (SSSR count). The first-order chi connectivity index (χ1) is 11.1. The number of carboxylic acid groups (broad SMARTS) is 1. The number of carbonyl (C=O) groups is 2. The molecule has 1 saturated carbocycles. The minimum Gasteiger partial charge on any atom is -0.480 e. The molecule has 1 fully saturated rings. The molecule has 0 saturated heterocycles. The van der Waals surface area contributed by atoms with Gasteiger partial charge in [0.2, 0.25) is 5.88 Å². The standard InChI is InChI=1S/C16H15N3O4/c20-14(19-16(15(21)22)5-2-6-16)11-3-1-4-12(9-11)23-13-10-17-7-8-18-13/h1,3-4,7-10H,2,5-6H2,(H,19,20)(H,21,22). The number of nitrogens with zero attached hydrogens (tertiary/aromatic N) is 2. The number of ether oxygens (including phenoxy) is 1. The fourth-order valence-electron chi connectivity index (χ4n) is 2.37. The molecule has 0 radical (unpaired) electrons. The van der Waals surface area contributed by atoms with E-state index in [1.165, 1.54) is 24.7 Å². The van der Waals surface area contributed by atoms with E-state index >= 15 is 0 Å². The van der Waals surface area contributed by atoms with Crippen molar-refractivity contribution >= 4 is 11.9 Å². The third-order valence-corrected chi connectivity index (χ3v) is 3.83. The maximum absolute atomic E-state index is 12.3. The summed E-state index contributed by atoms with van der Waals surface area (Å²) in [4.78, 5) is 31.5. The fraction of sp³-hybridized carbons (Fsp3) is 0.250. The number of benzene rings is 1. The van der Waals surface area contributed by atoms with Gasteiger partial charge >= 0.3 is 5.97 Å². The van der Waals surface area contributed by atoms with Crippen molar-refractivity contribution in [2.45, 2.75) is 24.8 Å². The van der Waals surface area contributed by atoms with Crippen LogP contribution < -0.4 is 10.1 Å². The highest BCUT2D eigenvalue weighted by molar-refractivity contribution is 5.98. The molecule has 7 heteroatoms. The molecular weight excluding hydrogens is 298 g/mol. The maximum Gasteiger partial charge on any atom is 0.329 e. The Labute approximate surface area is 132 Å². The molecule has 2 N–H and O–H groups in total. The Hall–Kier alpha value is -2.96. The molecule has 0 bridgehead atoms. The van der Waals surface area contributed by atoms with Gasteiger partial charge in [-0.25, -0.2) is 9.78 Å². The molecule has 0 spiro atoms. The summed E-state index contributed by atoms with van der Waals surface area (Å²) in [6.45, 7) is 0. The number of hydrogen-bond acceptors (Lipinski definition) is 5. The number of hydrogen-bond donors (Lipinski definition) is 2. The highest BCUT2D eigenvalue weighted by Crippen LogP contribution is 2.32. The normalized spacial score (nSPS) is 15.3. The second-order valence-electron chi connectivity index (χ2n) is 5.37. The zero-order chi connectivity index (χ0) is 16.3. The molecule has 1 aliphatic carbocycles. The van der Waals surface area contributed by atoms with E-state index in [1.807, 2.05) is 0 Å². The SMILES string of the molecule is O=C(NC1(C(=O)O)CCC1)c1cccc(Oc2cnccn2)c1. The Morgan fingerprint density at radius 2 is 2.09 bits per heavy atom. The first-order valence-corrected chi connectivity index (χ1v) is 7.19. The van der Waals surface area contributed by atoms with Crippen LogP contribution in [0.4, 0.5) is 0 Å². The topological polar surface area (TPSA) is 101 Å². The van der Waals surface area contributed by atoms with Crippen LogP contribution in [-0.4, -0.2) is 32.5 Å². The molecule has 118 valence electrons. The number of rotatable bonds is 5. The molecule has 1 aliphatic rings. The van der Waals surface area contributed by atoms with Crippen LogP contribution in [0, 0.1) is 0 Å². The van der Waals surface area contributed by atoms with Gasteiger partial charge in [-0.15, -0.1) is 0 Å². The van der Waals surface area contributed by atoms with E-state index in [1.54, 1.807) is 18.2 Å². The summed E-state index contributed by atoms with van der Waals surface area (Å²) in [5, 5.41) is 11.9. The summed E-state index contributed by atoms with van der Waals surface area (Å²) in [5.74, 6) is -0.692. The van der Waals surface area contributed by atoms with Crippen molar-refractivity contribution in [1.82, 2.24) is 15.3 Å². The van der Waals surface area contributed by atoms with Gasteiger partial charge in [0.05, 0.1) is 6.20 Å². The summed E-state index contributed by atoms with van der Waals surface area (Å²) in [6, 6.07) is 6.49. The van der Waals surface area contributed by atoms with Crippen LogP contribution in [-0.2, 0) is 4.79 Å². The van der Waals surface area contributed by atoms with E-state index in [-0.39, 0.29) is 0 Å². The monoisotopic (exact) mass is 313 g/mol. The van der Waals surface area contributed by atoms with Gasteiger partial charge in [0, 0.05) is 18.0 Å². The third-order valence-electron chi connectivity index (χ3n) is 3.83. The lowest BCUT2D eigenvalue weighted by atomic mass is 9.76. The van der Waals surface area contributed by atoms with Crippen LogP contribution in [0.1, 0.15) is 29.6 Å². The predicted octanol–water partition coefficient (Wildman–Crippen LogP) is 2.01. The number of amides is 1. The predicted molar refractivity (Wildman–Crippen MR) is 80.2 cm³/mol. The van der Waals surface area contributed by atoms with Crippen molar-refractivity contribution in [3.63, 3.8) is 0 Å². The lowest BCUT2D eigenvalue weighted by Gasteiger charge is -2.38. The third kappa shape index (κ3) is 3.13. The average Bonchev–Trinajstić information content (AvgIpc) is 2.51. The minimum atomic E-state index is -1.14. The highest BCUT2D eigenvalue weighted by atomic mass is 16.5. The Kier molecular flexibility index (Phi) is 3.92. The van der Waals surface area contributed by atoms with Gasteiger partial charge in [-0.2, -0.15) is 0 Å². The van der Waals surface area contributed by atoms with Crippen LogP contribution in [0.15, 0.2) is 42.9 Å². The molecule has 0 atom stereocenters. The van der Waals surface area contributed by atoms with Gasteiger partial charge in [0.25, 0.3) is 5.91 Å². The van der Waals surface area contributed by atoms with E-state index in [9.17, 15) is 14.7 Å². The van der Waals surface area contributed by atoms with Gasteiger partial charge < -0.3 is 15.2 Å². The summed E-state index contributed by atoms with van der Waals surface area (Å²) in [6.07, 6.45) is 6.18. The lowest BCUT2D eigenvalue weighted by molar-refractivity contribution is -0.148. The van der Waals surface area contributed by atoms with Crippen LogP contribution in [0.5, 0.6) is 11.6 Å². The number of aliphatic carboxylic acids is 1.